The van der Waals surface area contributed by atoms with Gasteiger partial charge in [-0.25, -0.2) is 19.7 Å². The van der Waals surface area contributed by atoms with Crippen molar-refractivity contribution < 1.29 is 18.0 Å². The highest BCUT2D eigenvalue weighted by Crippen LogP contribution is 2.38. The van der Waals surface area contributed by atoms with E-state index < -0.39 is 17.8 Å². The number of piperazine rings is 1. The van der Waals surface area contributed by atoms with Crippen LogP contribution in [0.3, 0.4) is 0 Å². The summed E-state index contributed by atoms with van der Waals surface area (Å²) in [5, 5.41) is 9.45. The number of nitrogens with two attached hydrogens (primary N) is 1. The summed E-state index contributed by atoms with van der Waals surface area (Å²) in [6.07, 6.45) is 4.24. The molecule has 0 unspecified atom stereocenters. The van der Waals surface area contributed by atoms with Gasteiger partial charge in [0, 0.05) is 68.6 Å². The van der Waals surface area contributed by atoms with Crippen molar-refractivity contribution in [1.29, 1.82) is 0 Å². The Morgan fingerprint density at radius 2 is 1.81 bits per heavy atom. The molecule has 12 nitrogen and oxygen atoms in total. The number of likely N-dealkylation sites (N-methyl/N-ethyl adjacent to an activating group) is 1. The van der Waals surface area contributed by atoms with Gasteiger partial charge in [0.25, 0.3) is 0 Å². The van der Waals surface area contributed by atoms with Crippen LogP contribution >= 0.6 is 0 Å². The fraction of sp³-hybridized carbons (Fsp3) is 0.375. The average Bonchev–Trinajstić information content (AvgIpc) is 3.70. The van der Waals surface area contributed by atoms with Gasteiger partial charge in [-0.05, 0) is 62.8 Å². The first-order valence-corrected chi connectivity index (χ1v) is 15.6. The zero-order valence-electron chi connectivity index (χ0n) is 25.9. The Balaban J connectivity index is 1.14. The molecule has 2 fully saturated rings. The van der Waals surface area contributed by atoms with E-state index in [0.29, 0.717) is 30.2 Å². The summed E-state index contributed by atoms with van der Waals surface area (Å²) >= 11 is 0. The maximum Gasteiger partial charge on any atom is 0.416 e. The van der Waals surface area contributed by atoms with Crippen LogP contribution in [0.5, 0.6) is 0 Å². The number of hydrogen-bond acceptors (Lipinski definition) is 8. The van der Waals surface area contributed by atoms with Gasteiger partial charge in [-0.3, -0.25) is 9.30 Å². The van der Waals surface area contributed by atoms with E-state index in [1.54, 1.807) is 18.5 Å². The molecule has 0 atom stereocenters. The van der Waals surface area contributed by atoms with Gasteiger partial charge < -0.3 is 31.2 Å². The number of halogens is 3. The number of rotatable bonds is 6. The Kier molecular flexibility index (Phi) is 8.20. The van der Waals surface area contributed by atoms with Crippen LogP contribution in [0.2, 0.25) is 0 Å². The first-order valence-electron chi connectivity index (χ1n) is 15.6. The molecule has 15 heteroatoms. The van der Waals surface area contributed by atoms with Crippen molar-refractivity contribution >= 4 is 39.9 Å². The van der Waals surface area contributed by atoms with Crippen molar-refractivity contribution in [2.45, 2.75) is 31.6 Å². The molecule has 2 amide bonds. The van der Waals surface area contributed by atoms with Gasteiger partial charge in [-0.15, -0.1) is 0 Å². The molecular formula is C32H36F3N11O. The number of fused-ring (bicyclic) bond motifs is 2. The molecule has 5 N–H and O–H groups in total. The van der Waals surface area contributed by atoms with Crippen molar-refractivity contribution in [3.8, 4) is 11.3 Å². The van der Waals surface area contributed by atoms with Crippen LogP contribution in [0.25, 0.3) is 27.9 Å². The number of aromatic nitrogens is 5. The van der Waals surface area contributed by atoms with Crippen molar-refractivity contribution in [3.63, 3.8) is 0 Å². The number of pyridine rings is 1. The summed E-state index contributed by atoms with van der Waals surface area (Å²) in [5.74, 6) is 0.361. The summed E-state index contributed by atoms with van der Waals surface area (Å²) in [7, 11) is 2.00. The lowest BCUT2D eigenvalue weighted by molar-refractivity contribution is -0.138. The average molecular weight is 648 g/mol. The third-order valence-electron chi connectivity index (χ3n) is 9.08. The Labute approximate surface area is 268 Å². The van der Waals surface area contributed by atoms with E-state index in [1.807, 2.05) is 28.6 Å². The summed E-state index contributed by atoms with van der Waals surface area (Å²) in [6.45, 7) is 5.00. The molecule has 0 saturated carbocycles. The predicted octanol–water partition coefficient (Wildman–Crippen LogP) is 4.66. The topological polar surface area (TPSA) is 134 Å². The first-order chi connectivity index (χ1) is 22.7. The maximum atomic E-state index is 14.1. The number of urea groups is 1. The molecule has 1 aromatic carbocycles. The van der Waals surface area contributed by atoms with E-state index in [0.717, 1.165) is 67.4 Å². The minimum absolute atomic E-state index is 0.0362. The highest BCUT2D eigenvalue weighted by molar-refractivity contribution is 6.03. The van der Waals surface area contributed by atoms with Gasteiger partial charge in [-0.1, -0.05) is 6.07 Å². The number of nitrogen functional groups attached to an aromatic ring is 1. The van der Waals surface area contributed by atoms with E-state index in [4.69, 9.17) is 5.73 Å². The van der Waals surface area contributed by atoms with Crippen molar-refractivity contribution in [2.24, 2.45) is 0 Å². The highest BCUT2D eigenvalue weighted by Gasteiger charge is 2.34. The second-order valence-electron chi connectivity index (χ2n) is 12.2. The van der Waals surface area contributed by atoms with Gasteiger partial charge in [0.2, 0.25) is 0 Å². The van der Waals surface area contributed by atoms with Crippen LogP contribution in [0.4, 0.5) is 35.2 Å². The summed E-state index contributed by atoms with van der Waals surface area (Å²) in [4.78, 5) is 30.6. The minimum atomic E-state index is -4.57. The van der Waals surface area contributed by atoms with Gasteiger partial charge in [0.1, 0.15) is 17.8 Å². The Bertz CT molecular complexity index is 1920. The Hall–Kier alpha value is -4.73. The number of carbonyl (C=O) groups excluding carboxylic acids is 1. The SMILES string of the molecule is CN1CCN(Cc2ccc(NC(=O)Nc3ccc(-c4cn(C5CCNCC5)c5ncnc(N)c45)n4ccnc34)cc2C(F)(F)F)CC1. The van der Waals surface area contributed by atoms with Crippen LogP contribution in [-0.4, -0.2) is 86.1 Å². The van der Waals surface area contributed by atoms with Crippen molar-refractivity contribution in [2.75, 3.05) is 62.7 Å². The Morgan fingerprint density at radius 1 is 1.02 bits per heavy atom. The molecule has 2 saturated heterocycles. The molecule has 2 aliphatic rings. The van der Waals surface area contributed by atoms with Crippen LogP contribution in [0, 0.1) is 0 Å². The molecule has 47 heavy (non-hydrogen) atoms. The summed E-state index contributed by atoms with van der Waals surface area (Å²) in [5.41, 5.74) is 9.01. The molecular weight excluding hydrogens is 611 g/mol. The number of piperidine rings is 1. The molecule has 246 valence electrons. The molecule has 0 bridgehead atoms. The number of amides is 2. The van der Waals surface area contributed by atoms with E-state index >= 15 is 0 Å². The summed E-state index contributed by atoms with van der Waals surface area (Å²) < 4.78 is 46.3. The lowest BCUT2D eigenvalue weighted by atomic mass is 10.0. The fourth-order valence-electron chi connectivity index (χ4n) is 6.58. The second kappa shape index (κ2) is 12.5. The Morgan fingerprint density at radius 3 is 2.57 bits per heavy atom. The molecule has 0 spiro atoms. The van der Waals surface area contributed by atoms with Crippen molar-refractivity contribution in [1.82, 2.24) is 39.0 Å². The number of nitrogens with one attached hydrogen (secondary N) is 3. The van der Waals surface area contributed by atoms with E-state index in [1.165, 1.54) is 18.5 Å². The van der Waals surface area contributed by atoms with Crippen LogP contribution in [0.15, 0.2) is 55.2 Å². The smallest absolute Gasteiger partial charge is 0.383 e. The number of alkyl halides is 3. The molecule has 4 aromatic heterocycles. The van der Waals surface area contributed by atoms with E-state index in [9.17, 15) is 18.0 Å². The number of carbonyl (C=O) groups is 1. The fourth-order valence-corrected chi connectivity index (χ4v) is 6.58. The minimum Gasteiger partial charge on any atom is -0.383 e. The quantitative estimate of drug-likeness (QED) is 0.209. The second-order valence-corrected chi connectivity index (χ2v) is 12.2. The van der Waals surface area contributed by atoms with Gasteiger partial charge in [0.05, 0.1) is 22.3 Å². The van der Waals surface area contributed by atoms with Gasteiger partial charge in [0.15, 0.2) is 5.65 Å². The lowest BCUT2D eigenvalue weighted by Gasteiger charge is -2.33. The normalized spacial score (nSPS) is 17.0. The molecule has 2 aliphatic heterocycles. The van der Waals surface area contributed by atoms with Crippen LogP contribution in [-0.2, 0) is 12.7 Å². The van der Waals surface area contributed by atoms with E-state index in [-0.39, 0.29) is 23.8 Å². The lowest BCUT2D eigenvalue weighted by Crippen LogP contribution is -2.44. The largest absolute Gasteiger partial charge is 0.416 e. The first kappa shape index (κ1) is 30.9. The molecule has 7 rings (SSSR count). The highest BCUT2D eigenvalue weighted by atomic mass is 19.4. The number of imidazole rings is 1. The molecule has 5 aromatic rings. The molecule has 0 radical (unpaired) electrons. The van der Waals surface area contributed by atoms with Gasteiger partial charge >= 0.3 is 12.2 Å². The zero-order valence-corrected chi connectivity index (χ0v) is 25.9. The van der Waals surface area contributed by atoms with Gasteiger partial charge in [-0.2, -0.15) is 13.2 Å². The molecule has 6 heterocycles. The third kappa shape index (κ3) is 6.21. The third-order valence-corrected chi connectivity index (χ3v) is 9.08. The van der Waals surface area contributed by atoms with Crippen molar-refractivity contribution in [3.05, 3.63) is 66.4 Å². The number of hydrogen-bond donors (Lipinski definition) is 4. The number of nitrogens with zero attached hydrogens (tertiary/aromatic N) is 7. The standard InChI is InChI=1S/C32H36F3N11O/c1-43-12-14-44(15-13-43)17-20-2-3-21(16-24(20)32(33,34)35)41-31(47)42-25-4-5-26(45-11-10-38-29(25)45)23-18-46(22-6-8-37-9-7-22)30-27(23)28(36)39-19-40-30/h2-5,10-11,16,18-19,22,37H,6-9,12-15,17H2,1H3,(H2,36,39,40)(H2,41,42,47). The monoisotopic (exact) mass is 647 g/mol. The number of anilines is 3. The van der Waals surface area contributed by atoms with Crippen LogP contribution < -0.4 is 21.7 Å². The summed E-state index contributed by atoms with van der Waals surface area (Å²) in [6, 6.07) is 7.04. The maximum absolute atomic E-state index is 14.1. The number of benzene rings is 1. The predicted molar refractivity (Wildman–Crippen MR) is 174 cm³/mol. The zero-order chi connectivity index (χ0) is 32.7. The molecule has 0 aliphatic carbocycles. The van der Waals surface area contributed by atoms with E-state index in [2.05, 4.69) is 40.4 Å². The van der Waals surface area contributed by atoms with Crippen LogP contribution in [0.1, 0.15) is 30.0 Å².